The number of rotatable bonds is 12. The molecule has 9 rings (SSSR count). The average Bonchev–Trinajstić information content (AvgIpc) is 3.42. The molecule has 9 aromatic carbocycles. The Morgan fingerprint density at radius 2 is 0.356 bits per heavy atom. The first-order chi connectivity index (χ1) is 35.1. The quantitative estimate of drug-likeness (QED) is 0.103. The second-order valence-corrected chi connectivity index (χ2v) is 29.7. The Hall–Kier alpha value is -5.51. The predicted octanol–water partition coefficient (Wildman–Crippen LogP) is 8.25. The molecule has 0 unspecified atom stereocenters. The van der Waals surface area contributed by atoms with Crippen LogP contribution in [0.2, 0.25) is 0 Å². The molecule has 0 fully saturated rings. The third kappa shape index (κ3) is 16.5. The molecule has 13 heteroatoms. The van der Waals surface area contributed by atoms with Gasteiger partial charge in [-0.2, -0.15) is 7.82 Å². The standard InChI is InChI=1S/3C20H20P.2H3O4P/c3*1-2-21(18-12-6-3-7-13-18,19-14-8-4-9-15-19)20-16-10-5-11-17-20;2*1-5(2,3)4/h3*3-17H,2H2,1H3;2*(H3,1,2,3,4)/q3*+1;;/p-3. The normalized spacial score (nSPS) is 11.4. The molecule has 0 atom stereocenters. The largest absolute Gasteiger partial charge is 0.822 e. The van der Waals surface area contributed by atoms with Crippen molar-refractivity contribution >= 4 is 85.2 Å². The lowest BCUT2D eigenvalue weighted by molar-refractivity contribution is -0.432. The van der Waals surface area contributed by atoms with Crippen molar-refractivity contribution in [2.45, 2.75) is 20.8 Å². The van der Waals surface area contributed by atoms with Crippen LogP contribution >= 0.6 is 37.4 Å². The predicted molar refractivity (Wildman–Crippen MR) is 309 cm³/mol. The Bertz CT molecular complexity index is 2380. The molecule has 73 heavy (non-hydrogen) atoms. The highest BCUT2D eigenvalue weighted by Crippen LogP contribution is 2.56. The minimum Gasteiger partial charge on any atom is -0.822 e. The van der Waals surface area contributed by atoms with Crippen molar-refractivity contribution < 1.29 is 38.5 Å². The molecule has 0 saturated heterocycles. The molecule has 0 spiro atoms. The second-order valence-electron chi connectivity index (χ2n) is 16.4. The molecule has 0 bridgehead atoms. The van der Waals surface area contributed by atoms with Gasteiger partial charge in [0.05, 0.1) is 18.5 Å². The van der Waals surface area contributed by atoms with E-state index in [1.54, 1.807) is 0 Å². The molecule has 0 saturated carbocycles. The molecule has 0 aromatic heterocycles. The minimum absolute atomic E-state index is 1.14. The molecule has 0 aliphatic heterocycles. The first-order valence-electron chi connectivity index (χ1n) is 23.8. The van der Waals surface area contributed by atoms with E-state index in [0.717, 1.165) is 18.5 Å². The van der Waals surface area contributed by atoms with Gasteiger partial charge in [0.2, 0.25) is 0 Å². The van der Waals surface area contributed by atoms with E-state index in [9.17, 15) is 0 Å². The molecule has 3 N–H and O–H groups in total. The van der Waals surface area contributed by atoms with Gasteiger partial charge in [-0.15, -0.1) is 0 Å². The van der Waals surface area contributed by atoms with E-state index in [-0.39, 0.29) is 0 Å². The monoisotopic (exact) mass is 1070 g/mol. The van der Waals surface area contributed by atoms with Crippen molar-refractivity contribution in [3.05, 3.63) is 273 Å². The summed E-state index contributed by atoms with van der Waals surface area (Å²) >= 11 is 0. The topological polar surface area (TPSA) is 164 Å². The second kappa shape index (κ2) is 28.8. The van der Waals surface area contributed by atoms with Gasteiger partial charge in [0, 0.05) is 0 Å². The van der Waals surface area contributed by atoms with Crippen LogP contribution in [0.25, 0.3) is 0 Å². The van der Waals surface area contributed by atoms with E-state index in [0.29, 0.717) is 0 Å². The number of hydrogen-bond donors (Lipinski definition) is 3. The van der Waals surface area contributed by atoms with Gasteiger partial charge in [-0.1, -0.05) is 164 Å². The molecule has 376 valence electrons. The highest BCUT2D eigenvalue weighted by Gasteiger charge is 2.45. The molecule has 9 aromatic rings. The lowest BCUT2D eigenvalue weighted by Crippen LogP contribution is -2.32. The molecule has 0 radical (unpaired) electrons. The van der Waals surface area contributed by atoms with Gasteiger partial charge in [0.15, 0.2) is 0 Å². The first-order valence-corrected chi connectivity index (χ1v) is 32.7. The number of phosphoric acid groups is 2. The third-order valence-corrected chi connectivity index (χ3v) is 25.7. The Morgan fingerprint density at radius 3 is 0.425 bits per heavy atom. The summed E-state index contributed by atoms with van der Waals surface area (Å²) in [6, 6.07) is 99.0. The van der Waals surface area contributed by atoms with Gasteiger partial charge >= 0.3 is 7.82 Å². The van der Waals surface area contributed by atoms with Gasteiger partial charge < -0.3 is 33.9 Å². The summed E-state index contributed by atoms with van der Waals surface area (Å²) in [6.45, 7) is 6.96. The van der Waals surface area contributed by atoms with E-state index in [4.69, 9.17) is 38.5 Å². The fraction of sp³-hybridized carbons (Fsp3) is 0.100. The molecular formula is C60H63O8P5. The van der Waals surface area contributed by atoms with Gasteiger partial charge in [-0.05, 0) is 130 Å². The number of hydrogen-bond acceptors (Lipinski definition) is 5. The summed E-state index contributed by atoms with van der Waals surface area (Å²) < 4.78 is 17.4. The molecular weight excluding hydrogens is 1000 g/mol. The smallest absolute Gasteiger partial charge is 0.466 e. The fourth-order valence-electron chi connectivity index (χ4n) is 9.13. The van der Waals surface area contributed by atoms with Crippen LogP contribution in [0.5, 0.6) is 0 Å². The van der Waals surface area contributed by atoms with Crippen LogP contribution in [-0.2, 0) is 9.13 Å². The Labute approximate surface area is 433 Å². The molecule has 0 aliphatic rings. The van der Waals surface area contributed by atoms with Crippen LogP contribution in [0.1, 0.15) is 20.8 Å². The van der Waals surface area contributed by atoms with E-state index < -0.39 is 37.4 Å². The highest BCUT2D eigenvalue weighted by atomic mass is 31.2. The summed E-state index contributed by atoms with van der Waals surface area (Å²) in [4.78, 5) is 47.2. The Kier molecular flexibility index (Phi) is 23.0. The van der Waals surface area contributed by atoms with Crippen LogP contribution in [-0.4, -0.2) is 33.2 Å². The van der Waals surface area contributed by atoms with Gasteiger partial charge in [-0.3, -0.25) is 0 Å². The zero-order chi connectivity index (χ0) is 52.6. The Balaban J connectivity index is 0.000000185. The minimum atomic E-state index is -5.39. The van der Waals surface area contributed by atoms with Gasteiger partial charge in [0.25, 0.3) is 0 Å². The Morgan fingerprint density at radius 1 is 0.274 bits per heavy atom. The maximum atomic E-state index is 8.88. The SMILES string of the molecule is CC[P+](c1ccccc1)(c1ccccc1)c1ccccc1.CC[P+](c1ccccc1)(c1ccccc1)c1ccccc1.CC[P+](c1ccccc1)(c1ccccc1)c1ccccc1.O=P(O)(O)O.O=P([O-])([O-])[O-]. The molecule has 0 aliphatic carbocycles. The first kappa shape index (κ1) is 58.4. The zero-order valence-electron chi connectivity index (χ0n) is 41.2. The van der Waals surface area contributed by atoms with Crippen molar-refractivity contribution in [1.82, 2.24) is 0 Å². The third-order valence-electron chi connectivity index (χ3n) is 12.2. The van der Waals surface area contributed by atoms with E-state index in [2.05, 4.69) is 294 Å². The molecule has 0 heterocycles. The average molecular weight is 1070 g/mol. The van der Waals surface area contributed by atoms with Gasteiger partial charge in [-0.25, -0.2) is 4.57 Å². The van der Waals surface area contributed by atoms with Crippen LogP contribution in [0, 0.1) is 0 Å². The van der Waals surface area contributed by atoms with Crippen molar-refractivity contribution in [3.8, 4) is 0 Å². The van der Waals surface area contributed by atoms with Crippen LogP contribution in [0.15, 0.2) is 273 Å². The summed E-state index contributed by atoms with van der Waals surface area (Å²) in [7, 11) is -14.6. The van der Waals surface area contributed by atoms with Crippen molar-refractivity contribution in [2.75, 3.05) is 18.5 Å². The molecule has 8 nitrogen and oxygen atoms in total. The van der Waals surface area contributed by atoms with Crippen molar-refractivity contribution in [1.29, 1.82) is 0 Å². The summed E-state index contributed by atoms with van der Waals surface area (Å²) in [5.41, 5.74) is 0. The zero-order valence-corrected chi connectivity index (χ0v) is 45.7. The highest BCUT2D eigenvalue weighted by molar-refractivity contribution is 7.96. The van der Waals surface area contributed by atoms with Crippen molar-refractivity contribution in [3.63, 3.8) is 0 Å². The van der Waals surface area contributed by atoms with Crippen LogP contribution < -0.4 is 62.4 Å². The number of benzene rings is 9. The lowest BCUT2D eigenvalue weighted by atomic mass is 10.4. The summed E-state index contributed by atoms with van der Waals surface area (Å²) in [5.74, 6) is 0. The maximum absolute atomic E-state index is 8.88. The fourth-order valence-corrected chi connectivity index (χ4v) is 21.2. The van der Waals surface area contributed by atoms with E-state index in [1.165, 1.54) is 47.7 Å². The summed E-state index contributed by atoms with van der Waals surface area (Å²) in [6.07, 6.45) is 3.43. The van der Waals surface area contributed by atoms with Gasteiger partial charge in [0.1, 0.15) is 69.5 Å². The van der Waals surface area contributed by atoms with E-state index in [1.807, 2.05) is 0 Å². The van der Waals surface area contributed by atoms with Crippen LogP contribution in [0.4, 0.5) is 0 Å². The van der Waals surface area contributed by atoms with Crippen LogP contribution in [0.3, 0.4) is 0 Å². The summed E-state index contributed by atoms with van der Waals surface area (Å²) in [5, 5.41) is 13.2. The van der Waals surface area contributed by atoms with E-state index >= 15 is 0 Å². The van der Waals surface area contributed by atoms with Crippen molar-refractivity contribution in [2.24, 2.45) is 0 Å². The lowest BCUT2D eigenvalue weighted by Gasteiger charge is -2.36. The maximum Gasteiger partial charge on any atom is 0.466 e. The molecule has 0 amide bonds.